The van der Waals surface area contributed by atoms with Crippen LogP contribution in [0.3, 0.4) is 0 Å². The maximum absolute atomic E-state index is 12.9. The third kappa shape index (κ3) is 1.93. The number of amides is 1. The van der Waals surface area contributed by atoms with Crippen molar-refractivity contribution in [2.24, 2.45) is 4.99 Å². The van der Waals surface area contributed by atoms with E-state index in [-0.39, 0.29) is 17.3 Å². The normalized spacial score (nSPS) is 19.6. The molecule has 1 aliphatic rings. The van der Waals surface area contributed by atoms with Crippen LogP contribution in [-0.2, 0) is 4.79 Å². The van der Waals surface area contributed by atoms with Crippen molar-refractivity contribution < 1.29 is 13.6 Å². The van der Waals surface area contributed by atoms with E-state index in [4.69, 9.17) is 0 Å². The van der Waals surface area contributed by atoms with Crippen LogP contribution in [0.15, 0.2) is 23.2 Å². The van der Waals surface area contributed by atoms with Crippen LogP contribution >= 0.6 is 0 Å². The van der Waals surface area contributed by atoms with E-state index in [9.17, 15) is 13.6 Å². The summed E-state index contributed by atoms with van der Waals surface area (Å²) >= 11 is 0. The zero-order chi connectivity index (χ0) is 11.7. The highest BCUT2D eigenvalue weighted by atomic mass is 19.1. The lowest BCUT2D eigenvalue weighted by Gasteiger charge is -2.01. The Morgan fingerprint density at radius 3 is 2.44 bits per heavy atom. The van der Waals surface area contributed by atoms with Gasteiger partial charge in [0.15, 0.2) is 0 Å². The van der Waals surface area contributed by atoms with E-state index in [1.54, 1.807) is 0 Å². The van der Waals surface area contributed by atoms with Crippen LogP contribution in [0.4, 0.5) is 8.78 Å². The first-order valence-electron chi connectivity index (χ1n) is 4.95. The van der Waals surface area contributed by atoms with Crippen molar-refractivity contribution in [2.75, 3.05) is 0 Å². The zero-order valence-electron chi connectivity index (χ0n) is 8.63. The molecule has 0 radical (unpaired) electrons. The van der Waals surface area contributed by atoms with Crippen LogP contribution in [0, 0.1) is 11.6 Å². The van der Waals surface area contributed by atoms with E-state index in [2.05, 4.69) is 10.3 Å². The van der Waals surface area contributed by atoms with Crippen LogP contribution in [0.1, 0.15) is 18.9 Å². The maximum Gasteiger partial charge on any atom is 0.250 e. The van der Waals surface area contributed by atoms with Crippen molar-refractivity contribution in [3.63, 3.8) is 0 Å². The summed E-state index contributed by atoms with van der Waals surface area (Å²) < 4.78 is 25.9. The third-order valence-electron chi connectivity index (χ3n) is 2.35. The second-order valence-electron chi connectivity index (χ2n) is 3.55. The fraction of sp³-hybridized carbons (Fsp3) is 0.273. The highest BCUT2D eigenvalue weighted by Crippen LogP contribution is 2.13. The number of amidine groups is 1. The molecule has 0 bridgehead atoms. The largest absolute Gasteiger partial charge is 0.309 e. The summed E-state index contributed by atoms with van der Waals surface area (Å²) in [5.74, 6) is -1.38. The van der Waals surface area contributed by atoms with Gasteiger partial charge in [-0.15, -0.1) is 0 Å². The summed E-state index contributed by atoms with van der Waals surface area (Å²) in [4.78, 5) is 15.4. The van der Waals surface area contributed by atoms with Gasteiger partial charge in [-0.2, -0.15) is 0 Å². The van der Waals surface area contributed by atoms with Crippen molar-refractivity contribution in [1.29, 1.82) is 0 Å². The molecule has 1 atom stereocenters. The Labute approximate surface area is 91.2 Å². The molecule has 5 heteroatoms. The molecule has 0 fully saturated rings. The van der Waals surface area contributed by atoms with Gasteiger partial charge in [-0.1, -0.05) is 6.92 Å². The van der Waals surface area contributed by atoms with Gasteiger partial charge in [-0.25, -0.2) is 8.78 Å². The molecule has 84 valence electrons. The summed E-state index contributed by atoms with van der Waals surface area (Å²) in [6, 6.07) is 2.60. The summed E-state index contributed by atoms with van der Waals surface area (Å²) in [7, 11) is 0. The molecule has 0 saturated carbocycles. The van der Waals surface area contributed by atoms with Gasteiger partial charge in [0.1, 0.15) is 23.5 Å². The molecule has 1 amide bonds. The first kappa shape index (κ1) is 10.7. The number of nitrogens with one attached hydrogen (secondary N) is 1. The lowest BCUT2D eigenvalue weighted by atomic mass is 10.2. The van der Waals surface area contributed by atoms with E-state index < -0.39 is 17.7 Å². The SMILES string of the molecule is CCC1N=C(c2cc(F)cc(F)c2)NC1=O. The van der Waals surface area contributed by atoms with Crippen molar-refractivity contribution in [3.8, 4) is 0 Å². The van der Waals surface area contributed by atoms with Crippen molar-refractivity contribution in [1.82, 2.24) is 5.32 Å². The Balaban J connectivity index is 2.35. The van der Waals surface area contributed by atoms with Gasteiger partial charge in [0.2, 0.25) is 5.91 Å². The number of hydrogen-bond acceptors (Lipinski definition) is 2. The van der Waals surface area contributed by atoms with Gasteiger partial charge in [0, 0.05) is 11.6 Å². The summed E-state index contributed by atoms with van der Waals surface area (Å²) in [5.41, 5.74) is 0.252. The van der Waals surface area contributed by atoms with Crippen LogP contribution in [0.5, 0.6) is 0 Å². The van der Waals surface area contributed by atoms with Gasteiger partial charge in [0.25, 0.3) is 0 Å². The smallest absolute Gasteiger partial charge is 0.250 e. The number of hydrogen-bond donors (Lipinski definition) is 1. The molecule has 1 N–H and O–H groups in total. The number of rotatable bonds is 2. The molecule has 1 unspecified atom stereocenters. The first-order valence-corrected chi connectivity index (χ1v) is 4.95. The van der Waals surface area contributed by atoms with Crippen LogP contribution < -0.4 is 5.32 Å². The molecule has 1 aliphatic heterocycles. The number of halogens is 2. The van der Waals surface area contributed by atoms with E-state index in [1.165, 1.54) is 0 Å². The van der Waals surface area contributed by atoms with Gasteiger partial charge < -0.3 is 5.32 Å². The minimum atomic E-state index is -0.688. The van der Waals surface area contributed by atoms with Gasteiger partial charge in [-0.3, -0.25) is 9.79 Å². The second kappa shape index (κ2) is 4.00. The zero-order valence-corrected chi connectivity index (χ0v) is 8.63. The number of carbonyl (C=O) groups is 1. The molecule has 1 heterocycles. The van der Waals surface area contributed by atoms with Crippen LogP contribution in [0.2, 0.25) is 0 Å². The Kier molecular flexibility index (Phi) is 2.68. The van der Waals surface area contributed by atoms with E-state index in [1.807, 2.05) is 6.92 Å². The minimum Gasteiger partial charge on any atom is -0.309 e. The Morgan fingerprint density at radius 1 is 1.31 bits per heavy atom. The highest BCUT2D eigenvalue weighted by molar-refractivity contribution is 6.13. The molecule has 3 nitrogen and oxygen atoms in total. The Hall–Kier alpha value is -1.78. The van der Waals surface area contributed by atoms with Crippen molar-refractivity contribution in [2.45, 2.75) is 19.4 Å². The average Bonchev–Trinajstić information content (AvgIpc) is 2.58. The maximum atomic E-state index is 12.9. The van der Waals surface area contributed by atoms with E-state index in [0.29, 0.717) is 6.42 Å². The Morgan fingerprint density at radius 2 is 1.94 bits per heavy atom. The molecule has 1 aromatic rings. The molecule has 1 aromatic carbocycles. The molecule has 0 saturated heterocycles. The lowest BCUT2D eigenvalue weighted by molar-refractivity contribution is -0.120. The lowest BCUT2D eigenvalue weighted by Crippen LogP contribution is -2.28. The summed E-state index contributed by atoms with van der Waals surface area (Å²) in [6.07, 6.45) is 0.563. The first-order chi connectivity index (χ1) is 7.60. The van der Waals surface area contributed by atoms with Crippen molar-refractivity contribution in [3.05, 3.63) is 35.4 Å². The predicted octanol–water partition coefficient (Wildman–Crippen LogP) is 1.62. The van der Waals surface area contributed by atoms with Crippen molar-refractivity contribution >= 4 is 11.7 Å². The molecular weight excluding hydrogens is 214 g/mol. The van der Waals surface area contributed by atoms with Crippen LogP contribution in [0.25, 0.3) is 0 Å². The molecule has 16 heavy (non-hydrogen) atoms. The fourth-order valence-electron chi connectivity index (χ4n) is 1.56. The highest BCUT2D eigenvalue weighted by Gasteiger charge is 2.25. The number of benzene rings is 1. The molecular formula is C11H10F2N2O. The monoisotopic (exact) mass is 224 g/mol. The summed E-state index contributed by atoms with van der Waals surface area (Å²) in [5, 5.41) is 2.50. The topological polar surface area (TPSA) is 41.5 Å². The quantitative estimate of drug-likeness (QED) is 0.814. The molecule has 2 rings (SSSR count). The predicted molar refractivity (Wildman–Crippen MR) is 55.1 cm³/mol. The van der Waals surface area contributed by atoms with Gasteiger partial charge in [-0.05, 0) is 18.6 Å². The second-order valence-corrected chi connectivity index (χ2v) is 3.55. The minimum absolute atomic E-state index is 0.232. The number of nitrogens with zero attached hydrogens (tertiary/aromatic N) is 1. The van der Waals surface area contributed by atoms with E-state index in [0.717, 1.165) is 18.2 Å². The fourth-order valence-corrected chi connectivity index (χ4v) is 1.56. The third-order valence-corrected chi connectivity index (χ3v) is 2.35. The van der Waals surface area contributed by atoms with Gasteiger partial charge in [0.05, 0.1) is 0 Å². The molecule has 0 aliphatic carbocycles. The molecule has 0 aromatic heterocycles. The van der Waals surface area contributed by atoms with E-state index >= 15 is 0 Å². The Bertz CT molecular complexity index is 451. The average molecular weight is 224 g/mol. The van der Waals surface area contributed by atoms with Crippen LogP contribution in [-0.4, -0.2) is 17.8 Å². The molecule has 0 spiro atoms. The van der Waals surface area contributed by atoms with Gasteiger partial charge >= 0.3 is 0 Å². The number of carbonyl (C=O) groups excluding carboxylic acids is 1. The number of aliphatic imine (C=N–C) groups is 1. The summed E-state index contributed by atoms with van der Waals surface area (Å²) in [6.45, 7) is 1.82. The standard InChI is InChI=1S/C11H10F2N2O/c1-2-9-11(16)15-10(14-9)6-3-7(12)5-8(13)4-6/h3-5,9H,2H2,1H3,(H,14,15,16).